The van der Waals surface area contributed by atoms with Crippen LogP contribution in [0.2, 0.25) is 0 Å². The van der Waals surface area contributed by atoms with Gasteiger partial charge in [-0.3, -0.25) is 4.79 Å². The Morgan fingerprint density at radius 2 is 1.73 bits per heavy atom. The number of alkyl halides is 3. The van der Waals surface area contributed by atoms with Crippen LogP contribution in [0, 0.1) is 0 Å². The number of halogens is 3. The molecular formula is C20H23F3N2O4S. The standard InChI is InChI=1S/C20H23F3N2O4S/c1-14(2)29-13-16-7-4-3-6-15(16)11-24-19(26)12-25-30(27,28)18-9-5-8-17(10-18)20(21,22)23/h3-10,14,25H,11-13H2,1-2H3,(H,24,26). The Kier molecular flexibility index (Phi) is 7.99. The number of hydrogen-bond acceptors (Lipinski definition) is 4. The van der Waals surface area contributed by atoms with Crippen molar-refractivity contribution in [3.05, 3.63) is 65.2 Å². The summed E-state index contributed by atoms with van der Waals surface area (Å²) >= 11 is 0. The molecule has 2 rings (SSSR count). The van der Waals surface area contributed by atoms with E-state index in [4.69, 9.17) is 4.74 Å². The topological polar surface area (TPSA) is 84.5 Å². The van der Waals surface area contributed by atoms with Crippen molar-refractivity contribution in [3.8, 4) is 0 Å². The number of amides is 1. The highest BCUT2D eigenvalue weighted by Gasteiger charge is 2.31. The van der Waals surface area contributed by atoms with Gasteiger partial charge in [0.05, 0.1) is 29.7 Å². The summed E-state index contributed by atoms with van der Waals surface area (Å²) in [6, 6.07) is 10.6. The number of nitrogens with one attached hydrogen (secondary N) is 2. The van der Waals surface area contributed by atoms with Crippen LogP contribution in [-0.2, 0) is 38.9 Å². The molecule has 30 heavy (non-hydrogen) atoms. The number of carbonyl (C=O) groups is 1. The highest BCUT2D eigenvalue weighted by molar-refractivity contribution is 7.89. The van der Waals surface area contributed by atoms with Crippen LogP contribution in [0.3, 0.4) is 0 Å². The molecule has 2 aromatic carbocycles. The highest BCUT2D eigenvalue weighted by atomic mass is 32.2. The van der Waals surface area contributed by atoms with Gasteiger partial charge in [0.1, 0.15) is 0 Å². The molecule has 0 radical (unpaired) electrons. The first-order valence-corrected chi connectivity index (χ1v) is 10.6. The molecule has 0 bridgehead atoms. The second-order valence-electron chi connectivity index (χ2n) is 6.76. The molecule has 0 atom stereocenters. The minimum atomic E-state index is -4.67. The number of rotatable bonds is 9. The molecule has 10 heteroatoms. The molecule has 0 saturated carbocycles. The van der Waals surface area contributed by atoms with Crippen LogP contribution in [0.4, 0.5) is 13.2 Å². The van der Waals surface area contributed by atoms with Crippen LogP contribution in [0.25, 0.3) is 0 Å². The summed E-state index contributed by atoms with van der Waals surface area (Å²) in [5.74, 6) is -0.620. The summed E-state index contributed by atoms with van der Waals surface area (Å²) in [5.41, 5.74) is 0.610. The second kappa shape index (κ2) is 10.1. The molecule has 164 valence electrons. The van der Waals surface area contributed by atoms with Crippen molar-refractivity contribution < 1.29 is 31.1 Å². The van der Waals surface area contributed by atoms with E-state index in [9.17, 15) is 26.4 Å². The maximum absolute atomic E-state index is 12.8. The average Bonchev–Trinajstić information content (AvgIpc) is 2.69. The van der Waals surface area contributed by atoms with E-state index in [-0.39, 0.29) is 12.6 Å². The van der Waals surface area contributed by atoms with Gasteiger partial charge in [-0.05, 0) is 43.2 Å². The summed E-state index contributed by atoms with van der Waals surface area (Å²) in [6.45, 7) is 3.72. The molecule has 0 fully saturated rings. The maximum atomic E-state index is 12.8. The van der Waals surface area contributed by atoms with Gasteiger partial charge in [0.2, 0.25) is 15.9 Å². The average molecular weight is 444 g/mol. The Morgan fingerprint density at radius 1 is 1.07 bits per heavy atom. The first-order valence-electron chi connectivity index (χ1n) is 9.11. The lowest BCUT2D eigenvalue weighted by molar-refractivity contribution is -0.137. The normalized spacial score (nSPS) is 12.2. The number of ether oxygens (including phenoxy) is 1. The summed E-state index contributed by atoms with van der Waals surface area (Å²) in [4.78, 5) is 11.5. The molecule has 0 saturated heterocycles. The van der Waals surface area contributed by atoms with E-state index < -0.39 is 39.1 Å². The van der Waals surface area contributed by atoms with Crippen molar-refractivity contribution in [1.82, 2.24) is 10.0 Å². The van der Waals surface area contributed by atoms with Crippen LogP contribution in [0.5, 0.6) is 0 Å². The summed E-state index contributed by atoms with van der Waals surface area (Å²) in [6.07, 6.45) is -4.63. The molecular weight excluding hydrogens is 421 g/mol. The number of benzene rings is 2. The van der Waals surface area contributed by atoms with Gasteiger partial charge >= 0.3 is 6.18 Å². The van der Waals surface area contributed by atoms with Gasteiger partial charge in [-0.2, -0.15) is 13.2 Å². The highest BCUT2D eigenvalue weighted by Crippen LogP contribution is 2.30. The molecule has 0 aliphatic heterocycles. The quantitative estimate of drug-likeness (QED) is 0.622. The lowest BCUT2D eigenvalue weighted by Gasteiger charge is -2.13. The third kappa shape index (κ3) is 7.12. The van der Waals surface area contributed by atoms with Gasteiger partial charge in [-0.25, -0.2) is 13.1 Å². The van der Waals surface area contributed by atoms with Gasteiger partial charge in [-0.1, -0.05) is 30.3 Å². The van der Waals surface area contributed by atoms with Crippen molar-refractivity contribution in [1.29, 1.82) is 0 Å². The van der Waals surface area contributed by atoms with Crippen LogP contribution in [0.1, 0.15) is 30.5 Å². The van der Waals surface area contributed by atoms with E-state index in [1.54, 1.807) is 6.07 Å². The minimum Gasteiger partial charge on any atom is -0.374 e. The Labute approximate surface area is 173 Å². The molecule has 6 nitrogen and oxygen atoms in total. The first-order chi connectivity index (χ1) is 14.0. The van der Waals surface area contributed by atoms with Crippen molar-refractivity contribution in [3.63, 3.8) is 0 Å². The molecule has 1 amide bonds. The van der Waals surface area contributed by atoms with Crippen molar-refractivity contribution in [2.75, 3.05) is 6.54 Å². The lowest BCUT2D eigenvalue weighted by Crippen LogP contribution is -2.36. The Balaban J connectivity index is 1.95. The van der Waals surface area contributed by atoms with Gasteiger partial charge in [0.25, 0.3) is 0 Å². The second-order valence-corrected chi connectivity index (χ2v) is 8.52. The predicted molar refractivity (Wildman–Crippen MR) is 105 cm³/mol. The maximum Gasteiger partial charge on any atom is 0.416 e. The van der Waals surface area contributed by atoms with Crippen molar-refractivity contribution >= 4 is 15.9 Å². The summed E-state index contributed by atoms with van der Waals surface area (Å²) in [5, 5.41) is 2.59. The number of hydrogen-bond donors (Lipinski definition) is 2. The van der Waals surface area contributed by atoms with Gasteiger partial charge < -0.3 is 10.1 Å². The molecule has 0 aliphatic rings. The summed E-state index contributed by atoms with van der Waals surface area (Å²) < 4.78 is 70.3. The molecule has 0 spiro atoms. The van der Waals surface area contributed by atoms with Crippen LogP contribution < -0.4 is 10.0 Å². The molecule has 2 aromatic rings. The zero-order chi connectivity index (χ0) is 22.4. The first kappa shape index (κ1) is 23.8. The minimum absolute atomic E-state index is 0.0397. The summed E-state index contributed by atoms with van der Waals surface area (Å²) in [7, 11) is -4.28. The Morgan fingerprint density at radius 3 is 2.37 bits per heavy atom. The van der Waals surface area contributed by atoms with Gasteiger partial charge in [-0.15, -0.1) is 0 Å². The van der Waals surface area contributed by atoms with Crippen molar-refractivity contribution in [2.45, 2.75) is 44.2 Å². The molecule has 0 aliphatic carbocycles. The largest absolute Gasteiger partial charge is 0.416 e. The number of sulfonamides is 1. The molecule has 2 N–H and O–H groups in total. The third-order valence-corrected chi connectivity index (χ3v) is 5.46. The lowest BCUT2D eigenvalue weighted by atomic mass is 10.1. The van der Waals surface area contributed by atoms with E-state index in [1.807, 2.05) is 36.8 Å². The Bertz CT molecular complexity index is 976. The number of carbonyl (C=O) groups excluding carboxylic acids is 1. The van der Waals surface area contributed by atoms with E-state index >= 15 is 0 Å². The Hall–Kier alpha value is -2.43. The van der Waals surface area contributed by atoms with Crippen LogP contribution in [0.15, 0.2) is 53.4 Å². The predicted octanol–water partition coefficient (Wildman–Crippen LogP) is 3.23. The zero-order valence-electron chi connectivity index (χ0n) is 16.5. The van der Waals surface area contributed by atoms with E-state index in [0.717, 1.165) is 29.3 Å². The van der Waals surface area contributed by atoms with E-state index in [2.05, 4.69) is 5.32 Å². The molecule has 0 aromatic heterocycles. The van der Waals surface area contributed by atoms with Crippen LogP contribution >= 0.6 is 0 Å². The van der Waals surface area contributed by atoms with Crippen molar-refractivity contribution in [2.24, 2.45) is 0 Å². The monoisotopic (exact) mass is 444 g/mol. The molecule has 0 unspecified atom stereocenters. The van der Waals surface area contributed by atoms with Gasteiger partial charge in [0.15, 0.2) is 0 Å². The van der Waals surface area contributed by atoms with E-state index in [1.165, 1.54) is 0 Å². The van der Waals surface area contributed by atoms with E-state index in [0.29, 0.717) is 12.7 Å². The van der Waals surface area contributed by atoms with Crippen LogP contribution in [-0.4, -0.2) is 27.0 Å². The smallest absolute Gasteiger partial charge is 0.374 e. The molecule has 0 heterocycles. The fraction of sp³-hybridized carbons (Fsp3) is 0.350. The SMILES string of the molecule is CC(C)OCc1ccccc1CNC(=O)CNS(=O)(=O)c1cccc(C(F)(F)F)c1. The zero-order valence-corrected chi connectivity index (χ0v) is 17.3. The third-order valence-electron chi connectivity index (χ3n) is 4.06. The van der Waals surface area contributed by atoms with Gasteiger partial charge in [0, 0.05) is 6.54 Å². The fourth-order valence-corrected chi connectivity index (χ4v) is 3.49. The fourth-order valence-electron chi connectivity index (χ4n) is 2.47.